The van der Waals surface area contributed by atoms with Crippen molar-refractivity contribution in [2.75, 3.05) is 31.2 Å². The second-order valence-electron chi connectivity index (χ2n) is 6.63. The van der Waals surface area contributed by atoms with Gasteiger partial charge in [-0.05, 0) is 36.8 Å². The van der Waals surface area contributed by atoms with Gasteiger partial charge in [0.25, 0.3) is 5.95 Å². The van der Waals surface area contributed by atoms with Crippen LogP contribution in [0.25, 0.3) is 0 Å². The zero-order valence-corrected chi connectivity index (χ0v) is 18.8. The molecule has 11 heteroatoms. The Hall–Kier alpha value is -3.73. The molecule has 0 bridgehead atoms. The predicted octanol–water partition coefficient (Wildman–Crippen LogP) is 2.25. The van der Waals surface area contributed by atoms with Crippen molar-refractivity contribution >= 4 is 29.3 Å². The second-order valence-corrected chi connectivity index (χ2v) is 7.57. The number of thioether (sulfide) groups is 1. The molecule has 4 N–H and O–H groups in total. The van der Waals surface area contributed by atoms with E-state index in [0.29, 0.717) is 11.7 Å². The number of nitrogens with two attached hydrogens (primary N) is 1. The van der Waals surface area contributed by atoms with Gasteiger partial charge in [0.1, 0.15) is 11.5 Å². The Balaban J connectivity index is 1.51. The van der Waals surface area contributed by atoms with Gasteiger partial charge in [0.2, 0.25) is 11.1 Å². The first-order valence-electron chi connectivity index (χ1n) is 9.67. The fourth-order valence-electron chi connectivity index (χ4n) is 2.62. The topological polar surface area (TPSA) is 129 Å². The summed E-state index contributed by atoms with van der Waals surface area (Å²) >= 11 is 1.18. The molecule has 1 aromatic heterocycles. The molecule has 1 heterocycles. The number of hydrogen-bond donors (Lipinski definition) is 3. The van der Waals surface area contributed by atoms with Gasteiger partial charge in [-0.1, -0.05) is 36.0 Å². The first kappa shape index (κ1) is 22.9. The Bertz CT molecular complexity index is 1080. The van der Waals surface area contributed by atoms with E-state index in [1.54, 1.807) is 14.2 Å². The minimum atomic E-state index is -0.143. The maximum Gasteiger partial charge on any atom is 0.264 e. The van der Waals surface area contributed by atoms with Crippen molar-refractivity contribution in [1.29, 1.82) is 0 Å². The molecule has 168 valence electrons. The fourth-order valence-corrected chi connectivity index (χ4v) is 3.31. The van der Waals surface area contributed by atoms with Crippen LogP contribution in [0.15, 0.2) is 58.8 Å². The molecule has 0 unspecified atom stereocenters. The Morgan fingerprint density at radius 1 is 1.12 bits per heavy atom. The molecule has 0 radical (unpaired) electrons. The van der Waals surface area contributed by atoms with Gasteiger partial charge in [0, 0.05) is 12.1 Å². The highest BCUT2D eigenvalue weighted by molar-refractivity contribution is 7.99. The van der Waals surface area contributed by atoms with Gasteiger partial charge < -0.3 is 20.6 Å². The summed E-state index contributed by atoms with van der Waals surface area (Å²) in [4.78, 5) is 12.2. The lowest BCUT2D eigenvalue weighted by molar-refractivity contribution is -0.118. The minimum Gasteiger partial charge on any atom is -0.497 e. The third-order valence-electron chi connectivity index (χ3n) is 4.46. The first-order chi connectivity index (χ1) is 15.5. The number of methoxy groups -OCH3 is 2. The normalized spacial score (nSPS) is 11.2. The van der Waals surface area contributed by atoms with Crippen molar-refractivity contribution in [2.45, 2.75) is 18.6 Å². The lowest BCUT2D eigenvalue weighted by Crippen LogP contribution is -2.25. The highest BCUT2D eigenvalue weighted by atomic mass is 32.2. The Labute approximate surface area is 190 Å². The Morgan fingerprint density at radius 2 is 1.88 bits per heavy atom. The molecular formula is C21H25N7O3S. The van der Waals surface area contributed by atoms with E-state index >= 15 is 0 Å². The van der Waals surface area contributed by atoms with Crippen LogP contribution < -0.4 is 26.1 Å². The largest absolute Gasteiger partial charge is 0.497 e. The van der Waals surface area contributed by atoms with Gasteiger partial charge in [-0.25, -0.2) is 10.1 Å². The van der Waals surface area contributed by atoms with E-state index in [1.807, 2.05) is 55.5 Å². The zero-order chi connectivity index (χ0) is 22.9. The number of carbonyl (C=O) groups excluding carboxylic acids is 1. The maximum atomic E-state index is 12.2. The van der Waals surface area contributed by atoms with Gasteiger partial charge in [0.05, 0.1) is 25.7 Å². The van der Waals surface area contributed by atoms with Crippen LogP contribution in [-0.2, 0) is 11.3 Å². The van der Waals surface area contributed by atoms with Crippen molar-refractivity contribution in [1.82, 2.24) is 20.2 Å². The molecule has 0 spiro atoms. The van der Waals surface area contributed by atoms with Crippen LogP contribution >= 0.6 is 11.8 Å². The van der Waals surface area contributed by atoms with Crippen LogP contribution in [0.5, 0.6) is 11.5 Å². The number of aromatic nitrogens is 3. The zero-order valence-electron chi connectivity index (χ0n) is 18.0. The number of hydrogen-bond acceptors (Lipinski definition) is 9. The number of nitrogens with one attached hydrogen (secondary N) is 2. The Kier molecular flexibility index (Phi) is 7.92. The first-order valence-corrected chi connectivity index (χ1v) is 10.7. The number of nitrogens with zero attached hydrogens (tertiary/aromatic N) is 4. The molecule has 0 aliphatic carbocycles. The molecule has 0 atom stereocenters. The SMILES string of the molecule is COc1ccc(CNC(=O)CSc2nnc(N/N=C(\C)c3cccc(OC)c3)n2N)cc1. The number of amides is 1. The van der Waals surface area contributed by atoms with Crippen LogP contribution in [-0.4, -0.2) is 46.5 Å². The summed E-state index contributed by atoms with van der Waals surface area (Å²) in [7, 11) is 3.22. The number of ether oxygens (including phenoxy) is 2. The number of anilines is 1. The van der Waals surface area contributed by atoms with E-state index in [9.17, 15) is 4.79 Å². The quantitative estimate of drug-likeness (QED) is 0.184. The predicted molar refractivity (Wildman–Crippen MR) is 125 cm³/mol. The van der Waals surface area contributed by atoms with Crippen LogP contribution in [0.2, 0.25) is 0 Å². The van der Waals surface area contributed by atoms with Gasteiger partial charge in [0.15, 0.2) is 0 Å². The maximum absolute atomic E-state index is 12.2. The fraction of sp³-hybridized carbons (Fsp3) is 0.238. The summed E-state index contributed by atoms with van der Waals surface area (Å²) in [5.74, 6) is 7.80. The molecule has 0 saturated heterocycles. The standard InChI is InChI=1S/C21H25N7O3S/c1-14(16-5-4-6-18(11-16)31-3)24-25-20-26-27-21(28(20)22)32-13-19(29)23-12-15-7-9-17(30-2)10-8-15/h4-11H,12-13,22H2,1-3H3,(H,23,29)(H,25,26)/b24-14+. The van der Waals surface area contributed by atoms with Crippen LogP contribution in [0.4, 0.5) is 5.95 Å². The van der Waals surface area contributed by atoms with Crippen molar-refractivity contribution < 1.29 is 14.3 Å². The highest BCUT2D eigenvalue weighted by Crippen LogP contribution is 2.17. The summed E-state index contributed by atoms with van der Waals surface area (Å²) in [5.41, 5.74) is 5.39. The monoisotopic (exact) mass is 455 g/mol. The lowest BCUT2D eigenvalue weighted by atomic mass is 10.1. The number of rotatable bonds is 10. The van der Waals surface area contributed by atoms with E-state index in [-0.39, 0.29) is 17.6 Å². The van der Waals surface area contributed by atoms with Crippen molar-refractivity contribution in [3.63, 3.8) is 0 Å². The average molecular weight is 456 g/mol. The van der Waals surface area contributed by atoms with Gasteiger partial charge in [-0.15, -0.1) is 10.2 Å². The van der Waals surface area contributed by atoms with Gasteiger partial charge in [-0.2, -0.15) is 5.10 Å². The molecule has 0 aliphatic heterocycles. The van der Waals surface area contributed by atoms with Crippen LogP contribution in [0.1, 0.15) is 18.1 Å². The summed E-state index contributed by atoms with van der Waals surface area (Å²) < 4.78 is 11.6. The van der Waals surface area contributed by atoms with Crippen molar-refractivity contribution in [2.24, 2.45) is 5.10 Å². The molecule has 3 aromatic rings. The summed E-state index contributed by atoms with van der Waals surface area (Å²) in [6.45, 7) is 2.27. The number of benzene rings is 2. The molecular weight excluding hydrogens is 430 g/mol. The molecule has 10 nitrogen and oxygen atoms in total. The molecule has 1 amide bonds. The number of hydrazone groups is 1. The lowest BCUT2D eigenvalue weighted by Gasteiger charge is -2.07. The minimum absolute atomic E-state index is 0.143. The summed E-state index contributed by atoms with van der Waals surface area (Å²) in [6.07, 6.45) is 0. The van der Waals surface area contributed by atoms with E-state index in [4.69, 9.17) is 15.3 Å². The third-order valence-corrected chi connectivity index (χ3v) is 5.40. The van der Waals surface area contributed by atoms with E-state index in [2.05, 4.69) is 26.0 Å². The average Bonchev–Trinajstić information content (AvgIpc) is 3.19. The van der Waals surface area contributed by atoms with Gasteiger partial charge >= 0.3 is 0 Å². The highest BCUT2D eigenvalue weighted by Gasteiger charge is 2.12. The molecule has 2 aromatic carbocycles. The van der Waals surface area contributed by atoms with E-state index in [0.717, 1.165) is 28.3 Å². The van der Waals surface area contributed by atoms with E-state index in [1.165, 1.54) is 16.4 Å². The number of nitrogen functional groups attached to an aromatic ring is 1. The summed E-state index contributed by atoms with van der Waals surface area (Å²) in [6, 6.07) is 15.0. The van der Waals surface area contributed by atoms with Crippen molar-refractivity contribution in [3.05, 3.63) is 59.7 Å². The van der Waals surface area contributed by atoms with Crippen molar-refractivity contribution in [3.8, 4) is 11.5 Å². The van der Waals surface area contributed by atoms with Crippen LogP contribution in [0.3, 0.4) is 0 Å². The second kappa shape index (κ2) is 11.0. The molecule has 0 aliphatic rings. The van der Waals surface area contributed by atoms with Crippen LogP contribution in [0, 0.1) is 0 Å². The molecule has 3 rings (SSSR count). The third kappa shape index (κ3) is 6.14. The van der Waals surface area contributed by atoms with E-state index < -0.39 is 0 Å². The molecule has 0 saturated carbocycles. The number of carbonyl (C=O) groups is 1. The molecule has 32 heavy (non-hydrogen) atoms. The molecule has 0 fully saturated rings. The summed E-state index contributed by atoms with van der Waals surface area (Å²) in [5, 5.41) is 15.5. The Morgan fingerprint density at radius 3 is 2.59 bits per heavy atom. The smallest absolute Gasteiger partial charge is 0.264 e. The van der Waals surface area contributed by atoms with Gasteiger partial charge in [-0.3, -0.25) is 4.79 Å².